The summed E-state index contributed by atoms with van der Waals surface area (Å²) in [6.07, 6.45) is -2.90. The summed E-state index contributed by atoms with van der Waals surface area (Å²) in [5.74, 6) is -0.409. The van der Waals surface area contributed by atoms with Crippen molar-refractivity contribution in [2.75, 3.05) is 6.61 Å². The van der Waals surface area contributed by atoms with E-state index in [4.69, 9.17) is 14.5 Å². The van der Waals surface area contributed by atoms with Gasteiger partial charge in [0.15, 0.2) is 6.23 Å². The molecule has 4 unspecified atom stereocenters. The fourth-order valence-corrected chi connectivity index (χ4v) is 3.96. The first-order chi connectivity index (χ1) is 16.2. The zero-order valence-corrected chi connectivity index (χ0v) is 18.4. The largest absolute Gasteiger partial charge is 0.387 e. The number of aliphatic hydroxyl groups excluding tert-OH is 2. The van der Waals surface area contributed by atoms with E-state index in [1.165, 1.54) is 18.3 Å². The molecule has 180 valence electrons. The lowest BCUT2D eigenvalue weighted by Crippen LogP contribution is -2.43. The molecule has 4 rings (SSSR count). The van der Waals surface area contributed by atoms with E-state index in [0.717, 1.165) is 21.4 Å². The molecule has 1 aromatic carbocycles. The predicted molar refractivity (Wildman–Crippen MR) is 117 cm³/mol. The van der Waals surface area contributed by atoms with Crippen molar-refractivity contribution in [2.45, 2.75) is 31.1 Å². The van der Waals surface area contributed by atoms with Crippen LogP contribution in [0, 0.1) is 5.82 Å². The van der Waals surface area contributed by atoms with E-state index in [1.54, 1.807) is 24.3 Å². The maximum absolute atomic E-state index is 13.6. The van der Waals surface area contributed by atoms with E-state index >= 15 is 0 Å². The number of halogens is 1. The van der Waals surface area contributed by atoms with Crippen molar-refractivity contribution in [3.8, 4) is 11.1 Å². The van der Waals surface area contributed by atoms with Gasteiger partial charge >= 0.3 is 14.3 Å². The third kappa shape index (κ3) is 5.13. The highest BCUT2D eigenvalue weighted by molar-refractivity contribution is 7.39. The Bertz CT molecular complexity index is 1280. The van der Waals surface area contributed by atoms with Crippen LogP contribution in [0.2, 0.25) is 0 Å². The van der Waals surface area contributed by atoms with Crippen LogP contribution in [0.1, 0.15) is 11.9 Å². The topological polar surface area (TPSA) is 156 Å². The molecule has 1 aliphatic heterocycles. The van der Waals surface area contributed by atoms with Gasteiger partial charge < -0.3 is 29.3 Å². The molecule has 0 aliphatic carbocycles. The number of aromatic nitrogens is 3. The molecule has 4 atom stereocenters. The minimum Gasteiger partial charge on any atom is -0.387 e. The zero-order valence-electron chi connectivity index (χ0n) is 17.5. The van der Waals surface area contributed by atoms with E-state index in [1.807, 2.05) is 0 Å². The summed E-state index contributed by atoms with van der Waals surface area (Å²) < 4.78 is 25.6. The molecule has 1 saturated heterocycles. The zero-order chi connectivity index (χ0) is 24.4. The highest BCUT2D eigenvalue weighted by Crippen LogP contribution is 2.32. The van der Waals surface area contributed by atoms with Crippen molar-refractivity contribution in [3.63, 3.8) is 0 Å². The van der Waals surface area contributed by atoms with Crippen LogP contribution < -0.4 is 11.2 Å². The van der Waals surface area contributed by atoms with Crippen LogP contribution in [0.25, 0.3) is 11.1 Å². The lowest BCUT2D eigenvalue weighted by atomic mass is 10.1. The third-order valence-corrected chi connectivity index (χ3v) is 5.74. The number of pyridine rings is 1. The summed E-state index contributed by atoms with van der Waals surface area (Å²) in [6, 6.07) is 10.3. The molecule has 0 radical (unpaired) electrons. The number of hydrogen-bond acceptors (Lipinski definition) is 9. The maximum Gasteiger partial charge on any atom is 0.333 e. The SMILES string of the molecule is O=c1ccn(C2OC(COP(O)O)C(O)C2O)c(=O)n1Cc1cc(-c2cccc(F)c2)ccn1. The van der Waals surface area contributed by atoms with Crippen LogP contribution in [0.5, 0.6) is 0 Å². The highest BCUT2D eigenvalue weighted by Gasteiger charge is 2.44. The van der Waals surface area contributed by atoms with Gasteiger partial charge in [-0.05, 0) is 35.4 Å². The Morgan fingerprint density at radius 1 is 1.09 bits per heavy atom. The monoisotopic (exact) mass is 493 g/mol. The Hall–Kier alpha value is -2.83. The molecule has 0 bridgehead atoms. The molecule has 0 amide bonds. The van der Waals surface area contributed by atoms with E-state index in [2.05, 4.69) is 9.51 Å². The summed E-state index contributed by atoms with van der Waals surface area (Å²) in [5, 5.41) is 20.5. The molecule has 0 saturated carbocycles. The van der Waals surface area contributed by atoms with Gasteiger partial charge in [0.1, 0.15) is 24.1 Å². The molecular formula is C21H21FN3O8P. The summed E-state index contributed by atoms with van der Waals surface area (Å²) in [6.45, 7) is -0.641. The smallest absolute Gasteiger partial charge is 0.333 e. The van der Waals surface area contributed by atoms with E-state index in [0.29, 0.717) is 16.8 Å². The van der Waals surface area contributed by atoms with Crippen molar-refractivity contribution in [1.29, 1.82) is 0 Å². The van der Waals surface area contributed by atoms with Crippen molar-refractivity contribution < 1.29 is 33.7 Å². The third-order valence-electron chi connectivity index (χ3n) is 5.36. The lowest BCUT2D eigenvalue weighted by Gasteiger charge is -2.18. The summed E-state index contributed by atoms with van der Waals surface area (Å²) in [7, 11) is -2.70. The normalized spacial score (nSPS) is 22.4. The van der Waals surface area contributed by atoms with Crippen LogP contribution in [-0.4, -0.2) is 59.0 Å². The van der Waals surface area contributed by atoms with Gasteiger partial charge in [0.05, 0.1) is 18.8 Å². The van der Waals surface area contributed by atoms with Gasteiger partial charge in [0.2, 0.25) is 0 Å². The summed E-state index contributed by atoms with van der Waals surface area (Å²) >= 11 is 0. The van der Waals surface area contributed by atoms with Crippen LogP contribution in [-0.2, 0) is 15.8 Å². The van der Waals surface area contributed by atoms with Crippen molar-refractivity contribution in [1.82, 2.24) is 14.1 Å². The Balaban J connectivity index is 1.61. The molecule has 2 aromatic heterocycles. The van der Waals surface area contributed by atoms with E-state index in [9.17, 15) is 24.2 Å². The first-order valence-electron chi connectivity index (χ1n) is 10.1. The van der Waals surface area contributed by atoms with Crippen molar-refractivity contribution >= 4 is 8.60 Å². The second-order valence-electron chi connectivity index (χ2n) is 7.57. The van der Waals surface area contributed by atoms with Crippen LogP contribution in [0.3, 0.4) is 0 Å². The molecule has 4 N–H and O–H groups in total. The van der Waals surface area contributed by atoms with Gasteiger partial charge in [-0.15, -0.1) is 0 Å². The standard InChI is InChI=1S/C21H21FN3O8P/c22-14-3-1-2-12(8-14)13-4-6-23-15(9-13)10-25-17(26)5-7-24(21(25)29)20-19(28)18(27)16(33-20)11-32-34(30)31/h1-9,16,18-20,27-28,30-31H,10-11H2. The van der Waals surface area contributed by atoms with Crippen LogP contribution >= 0.6 is 8.60 Å². The minimum atomic E-state index is -2.70. The number of ether oxygens (including phenoxy) is 1. The molecule has 3 aromatic rings. The molecule has 1 fully saturated rings. The highest BCUT2D eigenvalue weighted by atomic mass is 31.2. The van der Waals surface area contributed by atoms with Gasteiger partial charge in [0, 0.05) is 18.5 Å². The van der Waals surface area contributed by atoms with Crippen molar-refractivity contribution in [2.24, 2.45) is 0 Å². The first-order valence-corrected chi connectivity index (χ1v) is 11.3. The number of hydrogen-bond donors (Lipinski definition) is 4. The number of aliphatic hydroxyl groups is 2. The number of benzene rings is 1. The van der Waals surface area contributed by atoms with Gasteiger partial charge in [0.25, 0.3) is 5.56 Å². The van der Waals surface area contributed by atoms with Gasteiger partial charge in [-0.1, -0.05) is 12.1 Å². The summed E-state index contributed by atoms with van der Waals surface area (Å²) in [4.78, 5) is 47.5. The number of nitrogens with zero attached hydrogens (tertiary/aromatic N) is 3. The van der Waals surface area contributed by atoms with Crippen LogP contribution in [0.4, 0.5) is 4.39 Å². The molecule has 3 heterocycles. The second-order valence-corrected chi connectivity index (χ2v) is 8.33. The van der Waals surface area contributed by atoms with Gasteiger partial charge in [-0.25, -0.2) is 9.18 Å². The Morgan fingerprint density at radius 3 is 2.59 bits per heavy atom. The fraction of sp³-hybridized carbons (Fsp3) is 0.286. The van der Waals surface area contributed by atoms with Crippen LogP contribution in [0.15, 0.2) is 64.4 Å². The van der Waals surface area contributed by atoms with Gasteiger partial charge in [-0.3, -0.25) is 18.9 Å². The fourth-order valence-electron chi connectivity index (χ4n) is 3.68. The average molecular weight is 493 g/mol. The Labute approximate surface area is 192 Å². The first kappa shape index (κ1) is 24.3. The van der Waals surface area contributed by atoms with E-state index < -0.39 is 56.8 Å². The van der Waals surface area contributed by atoms with Gasteiger partial charge in [-0.2, -0.15) is 0 Å². The minimum absolute atomic E-state index is 0.209. The molecule has 11 nitrogen and oxygen atoms in total. The maximum atomic E-state index is 13.6. The Morgan fingerprint density at radius 2 is 1.85 bits per heavy atom. The summed E-state index contributed by atoms with van der Waals surface area (Å²) in [5.41, 5.74) is 0.146. The predicted octanol–water partition coefficient (Wildman–Crippen LogP) is 0.107. The lowest BCUT2D eigenvalue weighted by molar-refractivity contribution is -0.0531. The molecule has 34 heavy (non-hydrogen) atoms. The molecular weight excluding hydrogens is 472 g/mol. The number of rotatable bonds is 7. The average Bonchev–Trinajstić information content (AvgIpc) is 3.09. The van der Waals surface area contributed by atoms with E-state index in [-0.39, 0.29) is 6.54 Å². The molecule has 13 heteroatoms. The molecule has 1 aliphatic rings. The second kappa shape index (κ2) is 10.2. The van der Waals surface area contributed by atoms with Crippen molar-refractivity contribution in [3.05, 3.63) is 87.2 Å². The quantitative estimate of drug-likeness (QED) is 0.336. The molecule has 0 spiro atoms. The Kier molecular flexibility index (Phi) is 7.29.